The molecule has 0 atom stereocenters. The van der Waals surface area contributed by atoms with E-state index in [4.69, 9.17) is 4.74 Å². The molecule has 0 unspecified atom stereocenters. The van der Waals surface area contributed by atoms with Gasteiger partial charge in [-0.3, -0.25) is 9.48 Å². The Labute approximate surface area is 157 Å². The van der Waals surface area contributed by atoms with Crippen LogP contribution < -0.4 is 5.32 Å². The van der Waals surface area contributed by atoms with Crippen molar-refractivity contribution in [1.29, 1.82) is 0 Å². The van der Waals surface area contributed by atoms with E-state index in [-0.39, 0.29) is 5.91 Å². The Morgan fingerprint density at radius 1 is 1.19 bits per heavy atom. The summed E-state index contributed by atoms with van der Waals surface area (Å²) < 4.78 is 6.62. The summed E-state index contributed by atoms with van der Waals surface area (Å²) in [4.78, 5) is 27.5. The summed E-state index contributed by atoms with van der Waals surface area (Å²) in [6, 6.07) is 9.77. The predicted molar refractivity (Wildman–Crippen MR) is 101 cm³/mol. The molecule has 0 aliphatic rings. The Balaban J connectivity index is 1.74. The normalized spacial score (nSPS) is 10.6. The first-order chi connectivity index (χ1) is 13.0. The molecule has 3 rings (SSSR count). The van der Waals surface area contributed by atoms with Crippen molar-refractivity contribution in [3.05, 3.63) is 76.4 Å². The lowest BCUT2D eigenvalue weighted by Gasteiger charge is -2.11. The molecule has 0 aliphatic carbocycles. The van der Waals surface area contributed by atoms with Gasteiger partial charge in [-0.2, -0.15) is 5.10 Å². The summed E-state index contributed by atoms with van der Waals surface area (Å²) in [5.74, 6) is -0.718. The SMILES string of the molecule is COC(=O)c1c(C)[nH]c(C(=O)NCc2ccccc2Cn2cccn2)c1C. The third kappa shape index (κ3) is 3.92. The van der Waals surface area contributed by atoms with Gasteiger partial charge in [-0.25, -0.2) is 4.79 Å². The average molecular weight is 366 g/mol. The van der Waals surface area contributed by atoms with Crippen molar-refractivity contribution >= 4 is 11.9 Å². The number of H-pyrrole nitrogens is 1. The van der Waals surface area contributed by atoms with Gasteiger partial charge in [-0.1, -0.05) is 24.3 Å². The number of benzene rings is 1. The van der Waals surface area contributed by atoms with Crippen LogP contribution in [0.4, 0.5) is 0 Å². The second-order valence-corrected chi connectivity index (χ2v) is 6.27. The Morgan fingerprint density at radius 2 is 1.93 bits per heavy atom. The first-order valence-corrected chi connectivity index (χ1v) is 8.61. The summed E-state index contributed by atoms with van der Waals surface area (Å²) in [5, 5.41) is 7.15. The number of carbonyl (C=O) groups excluding carboxylic acids is 2. The fourth-order valence-corrected chi connectivity index (χ4v) is 3.10. The van der Waals surface area contributed by atoms with E-state index in [1.807, 2.05) is 41.2 Å². The number of rotatable bonds is 6. The zero-order chi connectivity index (χ0) is 19.4. The number of methoxy groups -OCH3 is 1. The summed E-state index contributed by atoms with van der Waals surface area (Å²) in [5.41, 5.74) is 4.07. The highest BCUT2D eigenvalue weighted by Crippen LogP contribution is 2.19. The predicted octanol–water partition coefficient (Wildman–Crippen LogP) is 2.59. The lowest BCUT2D eigenvalue weighted by atomic mass is 10.1. The van der Waals surface area contributed by atoms with E-state index in [1.165, 1.54) is 7.11 Å². The van der Waals surface area contributed by atoms with E-state index in [0.717, 1.165) is 11.1 Å². The summed E-state index contributed by atoms with van der Waals surface area (Å²) in [6.07, 6.45) is 3.63. The van der Waals surface area contributed by atoms with Gasteiger partial charge in [0.2, 0.25) is 0 Å². The minimum Gasteiger partial charge on any atom is -0.465 e. The fraction of sp³-hybridized carbons (Fsp3) is 0.250. The van der Waals surface area contributed by atoms with Gasteiger partial charge in [0.05, 0.1) is 19.2 Å². The number of esters is 1. The topological polar surface area (TPSA) is 89.0 Å². The highest BCUT2D eigenvalue weighted by atomic mass is 16.5. The van der Waals surface area contributed by atoms with Crippen molar-refractivity contribution in [2.24, 2.45) is 0 Å². The van der Waals surface area contributed by atoms with Crippen LogP contribution in [0.25, 0.3) is 0 Å². The van der Waals surface area contributed by atoms with Gasteiger partial charge in [0.15, 0.2) is 0 Å². The van der Waals surface area contributed by atoms with Crippen molar-refractivity contribution < 1.29 is 14.3 Å². The number of aryl methyl sites for hydroxylation is 1. The third-order valence-corrected chi connectivity index (χ3v) is 4.50. The van der Waals surface area contributed by atoms with Gasteiger partial charge in [0, 0.05) is 24.6 Å². The van der Waals surface area contributed by atoms with E-state index in [0.29, 0.717) is 35.6 Å². The first-order valence-electron chi connectivity index (χ1n) is 8.61. The number of hydrogen-bond acceptors (Lipinski definition) is 4. The van der Waals surface area contributed by atoms with Crippen LogP contribution in [0.3, 0.4) is 0 Å². The highest BCUT2D eigenvalue weighted by Gasteiger charge is 2.22. The summed E-state index contributed by atoms with van der Waals surface area (Å²) >= 11 is 0. The quantitative estimate of drug-likeness (QED) is 0.656. The number of carbonyl (C=O) groups is 2. The van der Waals surface area contributed by atoms with E-state index in [1.54, 1.807) is 20.0 Å². The van der Waals surface area contributed by atoms with E-state index >= 15 is 0 Å². The van der Waals surface area contributed by atoms with Crippen molar-refractivity contribution in [1.82, 2.24) is 20.1 Å². The molecule has 0 spiro atoms. The number of nitrogens with one attached hydrogen (secondary N) is 2. The fourth-order valence-electron chi connectivity index (χ4n) is 3.10. The zero-order valence-corrected chi connectivity index (χ0v) is 15.6. The zero-order valence-electron chi connectivity index (χ0n) is 15.6. The number of nitrogens with zero attached hydrogens (tertiary/aromatic N) is 2. The Kier molecular flexibility index (Phi) is 5.40. The second kappa shape index (κ2) is 7.90. The molecule has 3 aromatic rings. The molecule has 0 bridgehead atoms. The maximum atomic E-state index is 12.6. The van der Waals surface area contributed by atoms with Crippen LogP contribution in [-0.2, 0) is 17.8 Å². The smallest absolute Gasteiger partial charge is 0.339 e. The monoisotopic (exact) mass is 366 g/mol. The second-order valence-electron chi connectivity index (χ2n) is 6.27. The first kappa shape index (κ1) is 18.4. The maximum absolute atomic E-state index is 12.6. The van der Waals surface area contributed by atoms with Crippen molar-refractivity contribution in [2.45, 2.75) is 26.9 Å². The molecule has 2 heterocycles. The van der Waals surface area contributed by atoms with E-state index in [9.17, 15) is 9.59 Å². The lowest BCUT2D eigenvalue weighted by Crippen LogP contribution is -2.24. The van der Waals surface area contributed by atoms with Crippen LogP contribution in [0, 0.1) is 13.8 Å². The molecule has 0 aliphatic heterocycles. The standard InChI is InChI=1S/C20H22N4O3/c1-13-17(20(26)27-3)14(2)23-18(13)19(25)21-11-15-7-4-5-8-16(15)12-24-10-6-9-22-24/h4-10,23H,11-12H2,1-3H3,(H,21,25). The third-order valence-electron chi connectivity index (χ3n) is 4.50. The van der Waals surface area contributed by atoms with Crippen molar-refractivity contribution in [2.75, 3.05) is 7.11 Å². The van der Waals surface area contributed by atoms with Crippen molar-refractivity contribution in [3.8, 4) is 0 Å². The largest absolute Gasteiger partial charge is 0.465 e. The number of aromatic nitrogens is 3. The van der Waals surface area contributed by atoms with Gasteiger partial charge in [-0.05, 0) is 36.6 Å². The van der Waals surface area contributed by atoms with Crippen LogP contribution in [0.2, 0.25) is 0 Å². The molecule has 7 heteroatoms. The van der Waals surface area contributed by atoms with Crippen LogP contribution >= 0.6 is 0 Å². The molecule has 1 aromatic carbocycles. The average Bonchev–Trinajstić information content (AvgIpc) is 3.28. The van der Waals surface area contributed by atoms with Crippen LogP contribution in [-0.4, -0.2) is 33.8 Å². The molecule has 0 fully saturated rings. The highest BCUT2D eigenvalue weighted by molar-refractivity contribution is 6.00. The molecule has 7 nitrogen and oxygen atoms in total. The number of amides is 1. The van der Waals surface area contributed by atoms with Crippen LogP contribution in [0.15, 0.2) is 42.7 Å². The number of aromatic amines is 1. The van der Waals surface area contributed by atoms with Gasteiger partial charge in [0.1, 0.15) is 5.69 Å². The molecule has 2 N–H and O–H groups in total. The lowest BCUT2D eigenvalue weighted by molar-refractivity contribution is 0.0599. The van der Waals surface area contributed by atoms with E-state index < -0.39 is 5.97 Å². The molecular weight excluding hydrogens is 344 g/mol. The Hall–Kier alpha value is -3.35. The van der Waals surface area contributed by atoms with Crippen LogP contribution in [0.5, 0.6) is 0 Å². The number of ether oxygens (including phenoxy) is 1. The Bertz CT molecular complexity index is 958. The van der Waals surface area contributed by atoms with Gasteiger partial charge in [0.25, 0.3) is 5.91 Å². The minimum absolute atomic E-state index is 0.264. The molecule has 2 aromatic heterocycles. The summed E-state index contributed by atoms with van der Waals surface area (Å²) in [7, 11) is 1.32. The van der Waals surface area contributed by atoms with Gasteiger partial charge < -0.3 is 15.0 Å². The Morgan fingerprint density at radius 3 is 2.59 bits per heavy atom. The number of hydrogen-bond donors (Lipinski definition) is 2. The molecule has 0 radical (unpaired) electrons. The van der Waals surface area contributed by atoms with Gasteiger partial charge >= 0.3 is 5.97 Å². The molecule has 27 heavy (non-hydrogen) atoms. The molecule has 140 valence electrons. The maximum Gasteiger partial charge on any atom is 0.339 e. The molecule has 0 saturated heterocycles. The van der Waals surface area contributed by atoms with Crippen molar-refractivity contribution in [3.63, 3.8) is 0 Å². The minimum atomic E-state index is -0.454. The van der Waals surface area contributed by atoms with E-state index in [2.05, 4.69) is 15.4 Å². The van der Waals surface area contributed by atoms with Crippen LogP contribution in [0.1, 0.15) is 43.2 Å². The molecular formula is C20H22N4O3. The van der Waals surface area contributed by atoms with Gasteiger partial charge in [-0.15, -0.1) is 0 Å². The summed E-state index contributed by atoms with van der Waals surface area (Å²) in [6.45, 7) is 4.49. The molecule has 0 saturated carbocycles. The molecule has 1 amide bonds.